The first kappa shape index (κ1) is 15.3. The molecule has 0 radical (unpaired) electrons. The van der Waals surface area contributed by atoms with E-state index in [2.05, 4.69) is 27.3 Å². The van der Waals surface area contributed by atoms with Crippen molar-refractivity contribution >= 4 is 0 Å². The van der Waals surface area contributed by atoms with Crippen LogP contribution in [0.4, 0.5) is 0 Å². The maximum atomic E-state index is 5.40. The molecule has 1 N–H and O–H groups in total. The van der Waals surface area contributed by atoms with E-state index in [1.54, 1.807) is 11.8 Å². The number of piperazine rings is 1. The predicted molar refractivity (Wildman–Crippen MR) is 80.1 cm³/mol. The van der Waals surface area contributed by atoms with Gasteiger partial charge in [-0.05, 0) is 14.0 Å². The van der Waals surface area contributed by atoms with Crippen molar-refractivity contribution in [2.24, 2.45) is 7.05 Å². The fourth-order valence-corrected chi connectivity index (χ4v) is 2.66. The number of nitrogens with zero attached hydrogens (tertiary/aromatic N) is 4. The third-order valence-corrected chi connectivity index (χ3v) is 3.98. The Hall–Kier alpha value is -1.11. The minimum absolute atomic E-state index is 0.816. The lowest BCUT2D eigenvalue weighted by Crippen LogP contribution is -2.46. The lowest BCUT2D eigenvalue weighted by atomic mass is 10.2. The van der Waals surface area contributed by atoms with E-state index in [1.165, 1.54) is 26.2 Å². The minimum atomic E-state index is 0.816. The molecule has 2 rings (SSSR count). The van der Waals surface area contributed by atoms with E-state index in [0.717, 1.165) is 36.8 Å². The molecule has 0 spiro atoms. The quantitative estimate of drug-likeness (QED) is 0.748. The maximum absolute atomic E-state index is 5.40. The van der Waals surface area contributed by atoms with Gasteiger partial charge in [-0.3, -0.25) is 4.90 Å². The molecule has 6 heteroatoms. The number of aryl methyl sites for hydroxylation is 2. The Labute approximate surface area is 121 Å². The molecule has 0 atom stereocenters. The van der Waals surface area contributed by atoms with Gasteiger partial charge in [0.1, 0.15) is 0 Å². The van der Waals surface area contributed by atoms with Crippen LogP contribution >= 0.6 is 0 Å². The van der Waals surface area contributed by atoms with Gasteiger partial charge in [-0.1, -0.05) is 0 Å². The molecule has 1 aromatic rings. The van der Waals surface area contributed by atoms with Gasteiger partial charge in [0.25, 0.3) is 0 Å². The summed E-state index contributed by atoms with van der Waals surface area (Å²) in [5.41, 5.74) is 2.20. The molecule has 0 amide bonds. The fourth-order valence-electron chi connectivity index (χ4n) is 2.66. The van der Waals surface area contributed by atoms with Crippen molar-refractivity contribution in [3.8, 4) is 5.88 Å². The summed E-state index contributed by atoms with van der Waals surface area (Å²) in [6.07, 6.45) is 0. The average Bonchev–Trinajstić information content (AvgIpc) is 2.70. The van der Waals surface area contributed by atoms with Gasteiger partial charge in [0.15, 0.2) is 0 Å². The molecule has 114 valence electrons. The van der Waals surface area contributed by atoms with Crippen molar-refractivity contribution in [3.63, 3.8) is 0 Å². The van der Waals surface area contributed by atoms with E-state index >= 15 is 0 Å². The van der Waals surface area contributed by atoms with Crippen LogP contribution in [-0.2, 0) is 13.6 Å². The van der Waals surface area contributed by atoms with Crippen LogP contribution in [0.15, 0.2) is 0 Å². The summed E-state index contributed by atoms with van der Waals surface area (Å²) in [4.78, 5) is 4.90. The van der Waals surface area contributed by atoms with Crippen molar-refractivity contribution < 1.29 is 4.74 Å². The summed E-state index contributed by atoms with van der Waals surface area (Å²) in [6, 6.07) is 0. The van der Waals surface area contributed by atoms with E-state index in [1.807, 2.05) is 14.0 Å². The van der Waals surface area contributed by atoms with Crippen molar-refractivity contribution in [1.29, 1.82) is 0 Å². The molecule has 1 aliphatic rings. The van der Waals surface area contributed by atoms with Crippen LogP contribution in [0, 0.1) is 6.92 Å². The normalized spacial score (nSPS) is 17.6. The summed E-state index contributed by atoms with van der Waals surface area (Å²) in [5, 5.41) is 7.89. The zero-order valence-electron chi connectivity index (χ0n) is 13.1. The summed E-state index contributed by atoms with van der Waals surface area (Å²) in [6.45, 7) is 9.65. The number of methoxy groups -OCH3 is 1. The van der Waals surface area contributed by atoms with Gasteiger partial charge in [0.05, 0.1) is 18.4 Å². The standard InChI is InChI=1S/C14H27N5O/c1-12-13(14(20-4)18(3)16-12)11-15-5-6-19-9-7-17(2)8-10-19/h15H,5-11H2,1-4H3. The van der Waals surface area contributed by atoms with Crippen molar-refractivity contribution in [2.45, 2.75) is 13.5 Å². The van der Waals surface area contributed by atoms with Gasteiger partial charge < -0.3 is 15.0 Å². The first-order valence-corrected chi connectivity index (χ1v) is 7.30. The van der Waals surface area contributed by atoms with Gasteiger partial charge in [-0.15, -0.1) is 0 Å². The first-order chi connectivity index (χ1) is 9.61. The van der Waals surface area contributed by atoms with Crippen molar-refractivity contribution in [3.05, 3.63) is 11.3 Å². The zero-order chi connectivity index (χ0) is 14.5. The molecule has 0 bridgehead atoms. The van der Waals surface area contributed by atoms with E-state index in [0.29, 0.717) is 0 Å². The zero-order valence-corrected chi connectivity index (χ0v) is 13.1. The Balaban J connectivity index is 1.73. The molecule has 6 nitrogen and oxygen atoms in total. The molecule has 0 aromatic carbocycles. The second kappa shape index (κ2) is 7.06. The highest BCUT2D eigenvalue weighted by Crippen LogP contribution is 2.20. The second-order valence-electron chi connectivity index (χ2n) is 5.52. The van der Waals surface area contributed by atoms with E-state index in [9.17, 15) is 0 Å². The first-order valence-electron chi connectivity index (χ1n) is 7.30. The number of rotatable bonds is 6. The van der Waals surface area contributed by atoms with Crippen molar-refractivity contribution in [2.75, 3.05) is 53.4 Å². The molecule has 1 fully saturated rings. The Bertz CT molecular complexity index is 423. The largest absolute Gasteiger partial charge is 0.481 e. The molecule has 20 heavy (non-hydrogen) atoms. The van der Waals surface area contributed by atoms with Crippen LogP contribution < -0.4 is 10.1 Å². The Kier molecular flexibility index (Phi) is 5.39. The predicted octanol–water partition coefficient (Wildman–Crippen LogP) is 0.0741. The Morgan fingerprint density at radius 3 is 2.55 bits per heavy atom. The third-order valence-electron chi connectivity index (χ3n) is 3.98. The summed E-state index contributed by atoms with van der Waals surface area (Å²) in [5.74, 6) is 0.856. The SMILES string of the molecule is COc1c(CNCCN2CCN(C)CC2)c(C)nn1C. The average molecular weight is 281 g/mol. The molecular weight excluding hydrogens is 254 g/mol. The van der Waals surface area contributed by atoms with Crippen LogP contribution in [0.1, 0.15) is 11.3 Å². The van der Waals surface area contributed by atoms with Crippen LogP contribution in [0.3, 0.4) is 0 Å². The number of likely N-dealkylation sites (N-methyl/N-ethyl adjacent to an activating group) is 1. The Morgan fingerprint density at radius 1 is 1.20 bits per heavy atom. The Morgan fingerprint density at radius 2 is 1.90 bits per heavy atom. The van der Waals surface area contributed by atoms with E-state index in [-0.39, 0.29) is 0 Å². The molecular formula is C14H27N5O. The molecule has 1 aliphatic heterocycles. The summed E-state index contributed by atoms with van der Waals surface area (Å²) in [7, 11) is 5.80. The maximum Gasteiger partial charge on any atom is 0.216 e. The van der Waals surface area contributed by atoms with Gasteiger partial charge in [-0.25, -0.2) is 4.68 Å². The van der Waals surface area contributed by atoms with Crippen LogP contribution in [-0.4, -0.2) is 73.0 Å². The fraction of sp³-hybridized carbons (Fsp3) is 0.786. The number of hydrogen-bond acceptors (Lipinski definition) is 5. The smallest absolute Gasteiger partial charge is 0.216 e. The topological polar surface area (TPSA) is 45.6 Å². The molecule has 1 saturated heterocycles. The molecule has 0 saturated carbocycles. The van der Waals surface area contributed by atoms with Gasteiger partial charge >= 0.3 is 0 Å². The summed E-state index contributed by atoms with van der Waals surface area (Å²) >= 11 is 0. The molecule has 0 aliphatic carbocycles. The van der Waals surface area contributed by atoms with Crippen LogP contribution in [0.2, 0.25) is 0 Å². The number of ether oxygens (including phenoxy) is 1. The van der Waals surface area contributed by atoms with Crippen LogP contribution in [0.25, 0.3) is 0 Å². The lowest BCUT2D eigenvalue weighted by Gasteiger charge is -2.32. The third kappa shape index (κ3) is 3.71. The number of hydrogen-bond donors (Lipinski definition) is 1. The molecule has 1 aromatic heterocycles. The van der Waals surface area contributed by atoms with E-state index in [4.69, 9.17) is 4.74 Å². The highest BCUT2D eigenvalue weighted by Gasteiger charge is 2.15. The summed E-state index contributed by atoms with van der Waals surface area (Å²) < 4.78 is 7.20. The molecule has 2 heterocycles. The van der Waals surface area contributed by atoms with Gasteiger partial charge in [0.2, 0.25) is 5.88 Å². The number of aromatic nitrogens is 2. The van der Waals surface area contributed by atoms with Gasteiger partial charge in [0, 0.05) is 52.9 Å². The lowest BCUT2D eigenvalue weighted by molar-refractivity contribution is 0.154. The van der Waals surface area contributed by atoms with Crippen LogP contribution in [0.5, 0.6) is 5.88 Å². The van der Waals surface area contributed by atoms with Gasteiger partial charge in [-0.2, -0.15) is 5.10 Å². The number of nitrogens with one attached hydrogen (secondary N) is 1. The molecule has 0 unspecified atom stereocenters. The monoisotopic (exact) mass is 281 g/mol. The van der Waals surface area contributed by atoms with E-state index < -0.39 is 0 Å². The minimum Gasteiger partial charge on any atom is -0.481 e. The highest BCUT2D eigenvalue weighted by molar-refractivity contribution is 5.30. The second-order valence-corrected chi connectivity index (χ2v) is 5.52. The highest BCUT2D eigenvalue weighted by atomic mass is 16.5. The van der Waals surface area contributed by atoms with Crippen molar-refractivity contribution in [1.82, 2.24) is 24.9 Å².